The quantitative estimate of drug-likeness (QED) is 0.328. The number of rotatable bonds is 6. The minimum atomic E-state index is -3.75. The van der Waals surface area contributed by atoms with Crippen molar-refractivity contribution in [2.75, 3.05) is 13.1 Å². The molecule has 1 aliphatic rings. The molecule has 3 aromatic heterocycles. The Morgan fingerprint density at radius 1 is 1.03 bits per heavy atom. The Labute approximate surface area is 227 Å². The molecule has 2 aromatic carbocycles. The second kappa shape index (κ2) is 9.32. The summed E-state index contributed by atoms with van der Waals surface area (Å²) in [4.78, 5) is 16.0. The minimum Gasteiger partial charge on any atom is -0.324 e. The van der Waals surface area contributed by atoms with Gasteiger partial charge < -0.3 is 9.13 Å². The van der Waals surface area contributed by atoms with E-state index in [4.69, 9.17) is 0 Å². The van der Waals surface area contributed by atoms with Crippen molar-refractivity contribution in [1.82, 2.24) is 28.2 Å². The van der Waals surface area contributed by atoms with Crippen LogP contribution in [0, 0.1) is 6.92 Å². The predicted molar refractivity (Wildman–Crippen MR) is 149 cm³/mol. The van der Waals surface area contributed by atoms with Gasteiger partial charge in [-0.1, -0.05) is 30.3 Å². The molecule has 1 unspecified atom stereocenters. The Balaban J connectivity index is 1.45. The summed E-state index contributed by atoms with van der Waals surface area (Å²) in [7, 11) is -0.328. The lowest BCUT2D eigenvalue weighted by Gasteiger charge is -2.32. The molecule has 0 N–H and O–H groups in total. The van der Waals surface area contributed by atoms with E-state index in [0.717, 1.165) is 33.3 Å². The van der Waals surface area contributed by atoms with Crippen LogP contribution >= 0.6 is 0 Å². The molecular weight excluding hydrogens is 512 g/mol. The van der Waals surface area contributed by atoms with Gasteiger partial charge >= 0.3 is 0 Å². The molecule has 39 heavy (non-hydrogen) atoms. The number of benzene rings is 2. The predicted octanol–water partition coefficient (Wildman–Crippen LogP) is 3.34. The Morgan fingerprint density at radius 3 is 2.54 bits per heavy atom. The van der Waals surface area contributed by atoms with Gasteiger partial charge in [-0.3, -0.25) is 4.79 Å². The highest BCUT2D eigenvalue weighted by molar-refractivity contribution is 7.89. The Kier molecular flexibility index (Phi) is 6.04. The molecule has 0 radical (unpaired) electrons. The molecule has 1 aliphatic heterocycles. The first-order chi connectivity index (χ1) is 18.7. The van der Waals surface area contributed by atoms with Gasteiger partial charge in [0.05, 0.1) is 17.4 Å². The van der Waals surface area contributed by atoms with Crippen molar-refractivity contribution >= 4 is 20.9 Å². The van der Waals surface area contributed by atoms with E-state index in [0.29, 0.717) is 25.9 Å². The van der Waals surface area contributed by atoms with Crippen molar-refractivity contribution < 1.29 is 8.42 Å². The van der Waals surface area contributed by atoms with Crippen LogP contribution in [0.4, 0.5) is 0 Å². The number of sulfonamides is 1. The maximum Gasteiger partial charge on any atom is 0.277 e. The highest BCUT2D eigenvalue weighted by Gasteiger charge is 2.46. The van der Waals surface area contributed by atoms with Crippen LogP contribution in [0.15, 0.2) is 89.3 Å². The average molecular weight is 543 g/mol. The lowest BCUT2D eigenvalue weighted by molar-refractivity contribution is 0.409. The fraction of sp³-hybridized carbons (Fsp3) is 0.276. The van der Waals surface area contributed by atoms with Crippen LogP contribution in [-0.2, 0) is 36.0 Å². The summed E-state index contributed by atoms with van der Waals surface area (Å²) < 4.78 is 33.7. The first kappa shape index (κ1) is 25.3. The number of fused-ring (bicyclic) bond motifs is 1. The molecule has 1 fully saturated rings. The normalized spacial score (nSPS) is 18.2. The van der Waals surface area contributed by atoms with Gasteiger partial charge in [0.25, 0.3) is 10.0 Å². The molecule has 9 nitrogen and oxygen atoms in total. The fourth-order valence-electron chi connectivity index (χ4n) is 5.86. The van der Waals surface area contributed by atoms with Gasteiger partial charge in [0, 0.05) is 62.6 Å². The maximum atomic E-state index is 13.6. The van der Waals surface area contributed by atoms with Crippen LogP contribution < -0.4 is 5.56 Å². The lowest BCUT2D eigenvalue weighted by Crippen LogP contribution is -2.37. The molecule has 1 saturated heterocycles. The van der Waals surface area contributed by atoms with Crippen LogP contribution in [0.1, 0.15) is 23.1 Å². The summed E-state index contributed by atoms with van der Waals surface area (Å²) in [6.45, 7) is 2.85. The number of aromatic nitrogens is 5. The van der Waals surface area contributed by atoms with E-state index in [1.807, 2.05) is 29.1 Å². The van der Waals surface area contributed by atoms with Crippen molar-refractivity contribution in [3.05, 3.63) is 106 Å². The average Bonchev–Trinajstić information content (AvgIpc) is 3.65. The number of pyridine rings is 1. The third kappa shape index (κ3) is 4.29. The topological polar surface area (TPSA) is 95.0 Å². The van der Waals surface area contributed by atoms with E-state index >= 15 is 0 Å². The van der Waals surface area contributed by atoms with Gasteiger partial charge in [-0.2, -0.15) is 9.40 Å². The third-order valence-electron chi connectivity index (χ3n) is 7.85. The third-order valence-corrected chi connectivity index (χ3v) is 9.70. The number of imidazole rings is 1. The van der Waals surface area contributed by atoms with E-state index in [-0.39, 0.29) is 10.7 Å². The van der Waals surface area contributed by atoms with Gasteiger partial charge in [0.2, 0.25) is 10.7 Å². The molecule has 10 heteroatoms. The summed E-state index contributed by atoms with van der Waals surface area (Å²) in [5.74, 6) is 0. The lowest BCUT2D eigenvalue weighted by atomic mass is 9.73. The van der Waals surface area contributed by atoms with Gasteiger partial charge in [-0.15, -0.1) is 0 Å². The Morgan fingerprint density at radius 2 is 1.82 bits per heavy atom. The van der Waals surface area contributed by atoms with Crippen molar-refractivity contribution in [3.63, 3.8) is 0 Å². The zero-order chi connectivity index (χ0) is 27.4. The second-order valence-corrected chi connectivity index (χ2v) is 12.3. The molecule has 6 rings (SSSR count). The molecule has 0 spiro atoms. The smallest absolute Gasteiger partial charge is 0.277 e. The SMILES string of the molecule is Cc1cc2c(cnn2-c2ccc(=O)n(C)c2)cc1C1(Cc2ccccc2)CCN(S(=O)(=O)c2nccn2C)C1. The second-order valence-electron chi connectivity index (χ2n) is 10.5. The van der Waals surface area contributed by atoms with Gasteiger partial charge in [0.15, 0.2) is 0 Å². The summed E-state index contributed by atoms with van der Waals surface area (Å²) in [6.07, 6.45) is 8.17. The van der Waals surface area contributed by atoms with E-state index in [1.54, 1.807) is 41.4 Å². The number of hydrogen-bond acceptors (Lipinski definition) is 5. The maximum absolute atomic E-state index is 13.6. The van der Waals surface area contributed by atoms with Gasteiger partial charge in [-0.25, -0.2) is 18.1 Å². The fourth-order valence-corrected chi connectivity index (χ4v) is 7.46. The van der Waals surface area contributed by atoms with Crippen molar-refractivity contribution in [2.45, 2.75) is 30.3 Å². The largest absolute Gasteiger partial charge is 0.324 e. The molecule has 0 amide bonds. The minimum absolute atomic E-state index is 0.0590. The van der Waals surface area contributed by atoms with E-state index in [9.17, 15) is 13.2 Å². The van der Waals surface area contributed by atoms with Gasteiger partial charge in [0.1, 0.15) is 0 Å². The van der Waals surface area contributed by atoms with Crippen molar-refractivity contribution in [1.29, 1.82) is 0 Å². The molecule has 0 aliphatic carbocycles. The summed E-state index contributed by atoms with van der Waals surface area (Å²) in [6, 6.07) is 17.8. The van der Waals surface area contributed by atoms with Crippen LogP contribution in [0.5, 0.6) is 0 Å². The number of hydrogen-bond donors (Lipinski definition) is 0. The monoisotopic (exact) mass is 542 g/mol. The zero-order valence-electron chi connectivity index (χ0n) is 22.2. The van der Waals surface area contributed by atoms with Crippen LogP contribution in [0.25, 0.3) is 16.6 Å². The van der Waals surface area contributed by atoms with E-state index in [2.05, 4.69) is 41.3 Å². The van der Waals surface area contributed by atoms with Crippen LogP contribution in [0.3, 0.4) is 0 Å². The van der Waals surface area contributed by atoms with Crippen molar-refractivity contribution in [3.8, 4) is 5.69 Å². The number of aryl methyl sites for hydroxylation is 3. The van der Waals surface area contributed by atoms with Crippen LogP contribution in [-0.4, -0.2) is 49.7 Å². The first-order valence-electron chi connectivity index (χ1n) is 12.9. The summed E-state index contributed by atoms with van der Waals surface area (Å²) in [5, 5.41) is 5.65. The highest BCUT2D eigenvalue weighted by Crippen LogP contribution is 2.42. The molecular formula is C29H30N6O3S. The summed E-state index contributed by atoms with van der Waals surface area (Å²) >= 11 is 0. The first-order valence-corrected chi connectivity index (χ1v) is 14.3. The molecule has 1 atom stereocenters. The zero-order valence-corrected chi connectivity index (χ0v) is 23.0. The van der Waals surface area contributed by atoms with Crippen molar-refractivity contribution in [2.24, 2.45) is 14.1 Å². The molecule has 5 aromatic rings. The molecule has 4 heterocycles. The standard InChI is InChI=1S/C29H30N6O3S/c1-21-15-26-23(18-31-35(26)24-9-10-27(36)33(3)19-24)16-25(21)29(17-22-7-5-4-6-8-22)11-13-34(20-29)39(37,38)28-30-12-14-32(28)2/h4-10,12,14-16,18-19H,11,13,17,20H2,1-3H3. The molecule has 200 valence electrons. The van der Waals surface area contributed by atoms with Crippen LogP contribution in [0.2, 0.25) is 0 Å². The Bertz CT molecular complexity index is 1850. The molecule has 0 bridgehead atoms. The Hall–Kier alpha value is -4.02. The van der Waals surface area contributed by atoms with Gasteiger partial charge in [-0.05, 0) is 54.7 Å². The van der Waals surface area contributed by atoms with E-state index in [1.165, 1.54) is 16.8 Å². The highest BCUT2D eigenvalue weighted by atomic mass is 32.2. The number of nitrogens with zero attached hydrogens (tertiary/aromatic N) is 6. The van der Waals surface area contributed by atoms with E-state index < -0.39 is 15.4 Å². The summed E-state index contributed by atoms with van der Waals surface area (Å²) in [5.41, 5.74) is 4.58. The molecule has 0 saturated carbocycles.